The smallest absolute Gasteiger partial charge is 0.0582 e. The van der Waals surface area contributed by atoms with Gasteiger partial charge in [-0.2, -0.15) is 0 Å². The minimum absolute atomic E-state index is 1.07. The Morgan fingerprint density at radius 2 is 2.00 bits per heavy atom. The lowest BCUT2D eigenvalue weighted by Gasteiger charge is -1.99. The molecule has 1 heteroatoms. The predicted octanol–water partition coefficient (Wildman–Crippen LogP) is 4.12. The molecular formula is C12H21N. The van der Waals surface area contributed by atoms with Crippen molar-refractivity contribution < 1.29 is 0 Å². The number of aliphatic imine (C=N–C) groups is 1. The largest absolute Gasteiger partial charge is 0.259 e. The maximum Gasteiger partial charge on any atom is 0.0582 e. The SMILES string of the molecule is C/C=C\C(=C\C)N=C(C)CCCC. The number of allylic oxidation sites excluding steroid dienone is 3. The number of unbranched alkanes of at least 4 members (excludes halogenated alkanes) is 1. The first-order chi connectivity index (χ1) is 6.24. The topological polar surface area (TPSA) is 12.4 Å². The molecule has 13 heavy (non-hydrogen) atoms. The van der Waals surface area contributed by atoms with Crippen LogP contribution >= 0.6 is 0 Å². The molecular weight excluding hydrogens is 158 g/mol. The molecule has 0 aromatic rings. The van der Waals surface area contributed by atoms with Crippen molar-refractivity contribution >= 4 is 5.71 Å². The summed E-state index contributed by atoms with van der Waals surface area (Å²) in [7, 11) is 0. The Balaban J connectivity index is 4.17. The second-order valence-electron chi connectivity index (χ2n) is 3.16. The highest BCUT2D eigenvalue weighted by molar-refractivity contribution is 5.83. The molecule has 0 spiro atoms. The van der Waals surface area contributed by atoms with E-state index < -0.39 is 0 Å². The average Bonchev–Trinajstić information content (AvgIpc) is 2.14. The predicted molar refractivity (Wildman–Crippen MR) is 61.2 cm³/mol. The third-order valence-electron chi connectivity index (χ3n) is 1.85. The van der Waals surface area contributed by atoms with Crippen molar-refractivity contribution in [3.05, 3.63) is 23.9 Å². The molecule has 0 aromatic heterocycles. The summed E-state index contributed by atoms with van der Waals surface area (Å²) in [5.74, 6) is 0. The normalized spacial score (nSPS) is 14.2. The van der Waals surface area contributed by atoms with Crippen LogP contribution in [0.1, 0.15) is 47.0 Å². The van der Waals surface area contributed by atoms with Gasteiger partial charge in [0.05, 0.1) is 5.70 Å². The Bertz CT molecular complexity index is 209. The van der Waals surface area contributed by atoms with E-state index in [1.807, 2.05) is 32.1 Å². The maximum atomic E-state index is 4.51. The van der Waals surface area contributed by atoms with Crippen molar-refractivity contribution in [1.82, 2.24) is 0 Å². The molecule has 0 rings (SSSR count). The minimum atomic E-state index is 1.07. The summed E-state index contributed by atoms with van der Waals surface area (Å²) < 4.78 is 0. The summed E-state index contributed by atoms with van der Waals surface area (Å²) in [4.78, 5) is 4.51. The molecule has 0 saturated heterocycles. The van der Waals surface area contributed by atoms with Crippen molar-refractivity contribution in [2.24, 2.45) is 4.99 Å². The van der Waals surface area contributed by atoms with E-state index >= 15 is 0 Å². The van der Waals surface area contributed by atoms with Gasteiger partial charge < -0.3 is 0 Å². The fourth-order valence-corrected chi connectivity index (χ4v) is 1.08. The van der Waals surface area contributed by atoms with Gasteiger partial charge in [-0.15, -0.1) is 0 Å². The van der Waals surface area contributed by atoms with Gasteiger partial charge >= 0.3 is 0 Å². The van der Waals surface area contributed by atoms with E-state index in [0.29, 0.717) is 0 Å². The maximum absolute atomic E-state index is 4.51. The van der Waals surface area contributed by atoms with Gasteiger partial charge in [-0.25, -0.2) is 0 Å². The molecule has 0 unspecified atom stereocenters. The van der Waals surface area contributed by atoms with Crippen LogP contribution in [0.25, 0.3) is 0 Å². The van der Waals surface area contributed by atoms with E-state index in [1.165, 1.54) is 18.6 Å². The van der Waals surface area contributed by atoms with Gasteiger partial charge in [0.25, 0.3) is 0 Å². The van der Waals surface area contributed by atoms with E-state index in [4.69, 9.17) is 0 Å². The summed E-state index contributed by atoms with van der Waals surface area (Å²) >= 11 is 0. The first-order valence-electron chi connectivity index (χ1n) is 5.07. The van der Waals surface area contributed by atoms with E-state index in [9.17, 15) is 0 Å². The molecule has 0 aliphatic carbocycles. The highest BCUT2D eigenvalue weighted by Gasteiger charge is 1.91. The van der Waals surface area contributed by atoms with Gasteiger partial charge in [-0.3, -0.25) is 4.99 Å². The van der Waals surface area contributed by atoms with Crippen LogP contribution in [0.2, 0.25) is 0 Å². The molecule has 0 heterocycles. The van der Waals surface area contributed by atoms with Crippen LogP contribution in [-0.4, -0.2) is 5.71 Å². The van der Waals surface area contributed by atoms with E-state index in [2.05, 4.69) is 18.8 Å². The van der Waals surface area contributed by atoms with Gasteiger partial charge in [-0.1, -0.05) is 25.5 Å². The standard InChI is InChI=1S/C12H21N/c1-5-8-10-11(4)13-12(7-3)9-6-2/h6-7,9H,5,8,10H2,1-4H3/b9-6-,12-7-,13-11?. The molecule has 1 nitrogen and oxygen atoms in total. The summed E-state index contributed by atoms with van der Waals surface area (Å²) in [6.45, 7) is 8.34. The van der Waals surface area contributed by atoms with Gasteiger partial charge in [0.1, 0.15) is 0 Å². The van der Waals surface area contributed by atoms with Crippen LogP contribution < -0.4 is 0 Å². The Kier molecular flexibility index (Phi) is 7.27. The number of nitrogens with zero attached hydrogens (tertiary/aromatic N) is 1. The summed E-state index contributed by atoms with van der Waals surface area (Å²) in [5.41, 5.74) is 2.30. The molecule has 0 fully saturated rings. The Hall–Kier alpha value is -0.850. The summed E-state index contributed by atoms with van der Waals surface area (Å²) in [5, 5.41) is 0. The van der Waals surface area contributed by atoms with Gasteiger partial charge in [0, 0.05) is 5.71 Å². The molecule has 0 bridgehead atoms. The molecule has 0 atom stereocenters. The van der Waals surface area contributed by atoms with Gasteiger partial charge in [0.2, 0.25) is 0 Å². The third-order valence-corrected chi connectivity index (χ3v) is 1.85. The molecule has 0 aromatic carbocycles. The van der Waals surface area contributed by atoms with Crippen LogP contribution in [0.3, 0.4) is 0 Å². The van der Waals surface area contributed by atoms with Crippen molar-refractivity contribution in [2.75, 3.05) is 0 Å². The summed E-state index contributed by atoms with van der Waals surface area (Å²) in [6, 6.07) is 0. The number of rotatable bonds is 5. The number of hydrogen-bond acceptors (Lipinski definition) is 1. The molecule has 74 valence electrons. The van der Waals surface area contributed by atoms with E-state index in [-0.39, 0.29) is 0 Å². The van der Waals surface area contributed by atoms with Crippen molar-refractivity contribution in [2.45, 2.75) is 47.0 Å². The van der Waals surface area contributed by atoms with Crippen molar-refractivity contribution in [3.8, 4) is 0 Å². The zero-order chi connectivity index (χ0) is 10.1. The van der Waals surface area contributed by atoms with Crippen LogP contribution in [0.5, 0.6) is 0 Å². The lowest BCUT2D eigenvalue weighted by molar-refractivity contribution is 0.832. The van der Waals surface area contributed by atoms with Gasteiger partial charge in [0.15, 0.2) is 0 Å². The second kappa shape index (κ2) is 7.78. The van der Waals surface area contributed by atoms with Crippen molar-refractivity contribution in [1.29, 1.82) is 0 Å². The Morgan fingerprint density at radius 1 is 1.31 bits per heavy atom. The van der Waals surface area contributed by atoms with Crippen LogP contribution in [0.4, 0.5) is 0 Å². The Morgan fingerprint density at radius 3 is 2.46 bits per heavy atom. The lowest BCUT2D eigenvalue weighted by Crippen LogP contribution is -1.91. The highest BCUT2D eigenvalue weighted by atomic mass is 14.7. The molecule has 0 saturated carbocycles. The molecule has 0 amide bonds. The number of hydrogen-bond donors (Lipinski definition) is 0. The first kappa shape index (κ1) is 12.2. The Labute approximate surface area is 82.3 Å². The average molecular weight is 179 g/mol. The van der Waals surface area contributed by atoms with Crippen molar-refractivity contribution in [3.63, 3.8) is 0 Å². The van der Waals surface area contributed by atoms with Gasteiger partial charge in [-0.05, 0) is 39.7 Å². The minimum Gasteiger partial charge on any atom is -0.259 e. The zero-order valence-electron chi connectivity index (χ0n) is 9.30. The zero-order valence-corrected chi connectivity index (χ0v) is 9.30. The quantitative estimate of drug-likeness (QED) is 0.445. The molecule has 0 N–H and O–H groups in total. The first-order valence-corrected chi connectivity index (χ1v) is 5.07. The fraction of sp³-hybridized carbons (Fsp3) is 0.583. The van der Waals surface area contributed by atoms with Crippen LogP contribution in [0, 0.1) is 0 Å². The third kappa shape index (κ3) is 6.32. The monoisotopic (exact) mass is 179 g/mol. The fourth-order valence-electron chi connectivity index (χ4n) is 1.08. The molecule has 0 aliphatic heterocycles. The van der Waals surface area contributed by atoms with E-state index in [1.54, 1.807) is 0 Å². The second-order valence-corrected chi connectivity index (χ2v) is 3.16. The molecule has 0 aliphatic rings. The van der Waals surface area contributed by atoms with E-state index in [0.717, 1.165) is 12.1 Å². The van der Waals surface area contributed by atoms with Crippen LogP contribution in [0.15, 0.2) is 28.9 Å². The molecule has 0 radical (unpaired) electrons. The summed E-state index contributed by atoms with van der Waals surface area (Å²) in [6.07, 6.45) is 9.69. The van der Waals surface area contributed by atoms with Crippen LogP contribution in [-0.2, 0) is 0 Å². The lowest BCUT2D eigenvalue weighted by atomic mass is 10.2. The highest BCUT2D eigenvalue weighted by Crippen LogP contribution is 2.03.